The first-order valence-electron chi connectivity index (χ1n) is 6.26. The van der Waals surface area contributed by atoms with Crippen molar-refractivity contribution in [2.24, 2.45) is 0 Å². The number of hydrogen-bond acceptors (Lipinski definition) is 2. The molecule has 0 aliphatic rings. The average Bonchev–Trinajstić information content (AvgIpc) is 2.82. The van der Waals surface area contributed by atoms with Crippen LogP contribution in [0.25, 0.3) is 22.3 Å². The zero-order valence-electron chi connectivity index (χ0n) is 10.8. The lowest BCUT2D eigenvalue weighted by Gasteiger charge is -2.09. The van der Waals surface area contributed by atoms with Crippen LogP contribution in [0.3, 0.4) is 0 Å². The maximum atomic E-state index is 6.07. The van der Waals surface area contributed by atoms with Gasteiger partial charge in [-0.25, -0.2) is 4.98 Å². The van der Waals surface area contributed by atoms with E-state index in [9.17, 15) is 0 Å². The monoisotopic (exact) mass is 271 g/mol. The van der Waals surface area contributed by atoms with Crippen LogP contribution in [0.5, 0.6) is 0 Å². The second-order valence-electron chi connectivity index (χ2n) is 4.76. The lowest BCUT2D eigenvalue weighted by Crippen LogP contribution is -2.01. The van der Waals surface area contributed by atoms with E-state index in [1.165, 1.54) is 0 Å². The summed E-state index contributed by atoms with van der Waals surface area (Å²) in [7, 11) is 0. The van der Waals surface area contributed by atoms with E-state index >= 15 is 0 Å². The molecule has 0 N–H and O–H groups in total. The summed E-state index contributed by atoms with van der Waals surface area (Å²) >= 11 is 6.07. The Hall–Kier alpha value is -1.87. The highest BCUT2D eigenvalue weighted by molar-refractivity contribution is 6.28. The second kappa shape index (κ2) is 4.67. The van der Waals surface area contributed by atoms with Crippen molar-refractivity contribution < 1.29 is 0 Å². The topological polar surface area (TPSA) is 30.7 Å². The van der Waals surface area contributed by atoms with Gasteiger partial charge in [0.05, 0.1) is 5.69 Å². The Labute approximate surface area is 116 Å². The Kier molecular flexibility index (Phi) is 2.99. The fraction of sp³-hybridized carbons (Fsp3) is 0.200. The van der Waals surface area contributed by atoms with Crippen molar-refractivity contribution >= 4 is 22.6 Å². The first-order chi connectivity index (χ1) is 9.16. The van der Waals surface area contributed by atoms with Crippen molar-refractivity contribution in [3.63, 3.8) is 0 Å². The lowest BCUT2D eigenvalue weighted by molar-refractivity contribution is 0.617. The van der Waals surface area contributed by atoms with Gasteiger partial charge in [0, 0.05) is 23.2 Å². The highest BCUT2D eigenvalue weighted by atomic mass is 35.5. The third kappa shape index (κ3) is 2.10. The van der Waals surface area contributed by atoms with Gasteiger partial charge >= 0.3 is 0 Å². The van der Waals surface area contributed by atoms with E-state index in [0.717, 1.165) is 22.3 Å². The highest BCUT2D eigenvalue weighted by Gasteiger charge is 2.13. The Balaban J connectivity index is 2.31. The molecule has 0 unspecified atom stereocenters. The maximum Gasteiger partial charge on any atom is 0.224 e. The van der Waals surface area contributed by atoms with Crippen LogP contribution in [-0.4, -0.2) is 14.5 Å². The highest BCUT2D eigenvalue weighted by Crippen LogP contribution is 2.29. The van der Waals surface area contributed by atoms with Crippen molar-refractivity contribution in [3.8, 4) is 11.3 Å². The van der Waals surface area contributed by atoms with Gasteiger partial charge in [0.25, 0.3) is 0 Å². The summed E-state index contributed by atoms with van der Waals surface area (Å²) < 4.78 is 2.11. The van der Waals surface area contributed by atoms with Gasteiger partial charge in [-0.2, -0.15) is 4.98 Å². The van der Waals surface area contributed by atoms with Crippen LogP contribution in [0.2, 0.25) is 5.28 Å². The summed E-state index contributed by atoms with van der Waals surface area (Å²) in [6, 6.07) is 12.4. The first-order valence-corrected chi connectivity index (χ1v) is 6.64. The van der Waals surface area contributed by atoms with Gasteiger partial charge in [0.2, 0.25) is 5.28 Å². The standard InChI is InChI=1S/C15H14ClN3/c1-10(2)19-9-8-12-13(11-6-4-3-5-7-11)17-15(16)18-14(12)19/h3-10H,1-2H3. The molecular weight excluding hydrogens is 258 g/mol. The molecule has 96 valence electrons. The molecule has 4 heteroatoms. The molecule has 3 aromatic rings. The van der Waals surface area contributed by atoms with E-state index in [4.69, 9.17) is 11.6 Å². The molecule has 0 saturated carbocycles. The molecule has 0 radical (unpaired) electrons. The SMILES string of the molecule is CC(C)n1ccc2c(-c3ccccc3)nc(Cl)nc21. The van der Waals surface area contributed by atoms with Crippen LogP contribution < -0.4 is 0 Å². The second-order valence-corrected chi connectivity index (χ2v) is 5.10. The number of rotatable bonds is 2. The Morgan fingerprint density at radius 3 is 2.47 bits per heavy atom. The van der Waals surface area contributed by atoms with Crippen LogP contribution >= 0.6 is 11.6 Å². The van der Waals surface area contributed by atoms with Gasteiger partial charge < -0.3 is 4.57 Å². The van der Waals surface area contributed by atoms with Crippen LogP contribution in [0.15, 0.2) is 42.6 Å². The normalized spacial score (nSPS) is 11.4. The number of fused-ring (bicyclic) bond motifs is 1. The van der Waals surface area contributed by atoms with Crippen molar-refractivity contribution in [3.05, 3.63) is 47.9 Å². The third-order valence-electron chi connectivity index (χ3n) is 3.15. The van der Waals surface area contributed by atoms with Gasteiger partial charge in [-0.1, -0.05) is 30.3 Å². The number of nitrogens with zero attached hydrogens (tertiary/aromatic N) is 3. The summed E-state index contributed by atoms with van der Waals surface area (Å²) in [6.45, 7) is 4.25. The number of halogens is 1. The van der Waals surface area contributed by atoms with Gasteiger partial charge in [-0.05, 0) is 31.5 Å². The van der Waals surface area contributed by atoms with Gasteiger partial charge in [0.15, 0.2) is 0 Å². The van der Waals surface area contributed by atoms with Gasteiger partial charge in [-0.3, -0.25) is 0 Å². The van der Waals surface area contributed by atoms with Crippen molar-refractivity contribution in [1.29, 1.82) is 0 Å². The summed E-state index contributed by atoms with van der Waals surface area (Å²) in [6.07, 6.45) is 2.03. The molecule has 3 nitrogen and oxygen atoms in total. The Morgan fingerprint density at radius 1 is 1.05 bits per heavy atom. The van der Waals surface area contributed by atoms with E-state index in [0.29, 0.717) is 6.04 Å². The Bertz CT molecular complexity index is 717. The average molecular weight is 272 g/mol. The fourth-order valence-electron chi connectivity index (χ4n) is 2.24. The quantitative estimate of drug-likeness (QED) is 0.650. The van der Waals surface area contributed by atoms with Crippen molar-refractivity contribution in [2.75, 3.05) is 0 Å². The molecule has 0 fully saturated rings. The minimum absolute atomic E-state index is 0.284. The molecule has 0 atom stereocenters. The fourth-order valence-corrected chi connectivity index (χ4v) is 2.40. The number of aromatic nitrogens is 3. The van der Waals surface area contributed by atoms with E-state index in [1.54, 1.807) is 0 Å². The van der Waals surface area contributed by atoms with E-state index in [2.05, 4.69) is 28.4 Å². The Morgan fingerprint density at radius 2 is 1.79 bits per heavy atom. The van der Waals surface area contributed by atoms with Gasteiger partial charge in [0.1, 0.15) is 5.65 Å². The lowest BCUT2D eigenvalue weighted by atomic mass is 10.1. The third-order valence-corrected chi connectivity index (χ3v) is 3.32. The van der Waals surface area contributed by atoms with Crippen molar-refractivity contribution in [1.82, 2.24) is 14.5 Å². The minimum atomic E-state index is 0.284. The van der Waals surface area contributed by atoms with Gasteiger partial charge in [-0.15, -0.1) is 0 Å². The summed E-state index contributed by atoms with van der Waals surface area (Å²) in [5.41, 5.74) is 2.82. The van der Waals surface area contributed by atoms with Crippen molar-refractivity contribution in [2.45, 2.75) is 19.9 Å². The molecule has 1 aromatic carbocycles. The first kappa shape index (κ1) is 12.2. The van der Waals surface area contributed by atoms with Crippen LogP contribution in [0.1, 0.15) is 19.9 Å². The zero-order valence-corrected chi connectivity index (χ0v) is 11.6. The molecular formula is C15H14ClN3. The predicted molar refractivity (Wildman–Crippen MR) is 78.4 cm³/mol. The van der Waals surface area contributed by atoms with E-state index in [-0.39, 0.29) is 5.28 Å². The largest absolute Gasteiger partial charge is 0.330 e. The minimum Gasteiger partial charge on any atom is -0.330 e. The molecule has 0 aliphatic heterocycles. The van der Waals surface area contributed by atoms with Crippen LogP contribution in [-0.2, 0) is 0 Å². The number of hydrogen-bond donors (Lipinski definition) is 0. The molecule has 0 bridgehead atoms. The molecule has 2 heterocycles. The molecule has 0 spiro atoms. The number of benzene rings is 1. The van der Waals surface area contributed by atoms with E-state index < -0.39 is 0 Å². The van der Waals surface area contributed by atoms with Crippen LogP contribution in [0, 0.1) is 0 Å². The smallest absolute Gasteiger partial charge is 0.224 e. The molecule has 2 aromatic heterocycles. The molecule has 19 heavy (non-hydrogen) atoms. The van der Waals surface area contributed by atoms with Crippen LogP contribution in [0.4, 0.5) is 0 Å². The van der Waals surface area contributed by atoms with E-state index in [1.807, 2.05) is 42.6 Å². The predicted octanol–water partition coefficient (Wildman–Crippen LogP) is 4.33. The summed E-state index contributed by atoms with van der Waals surface area (Å²) in [5, 5.41) is 1.32. The molecule has 0 amide bonds. The summed E-state index contributed by atoms with van der Waals surface area (Å²) in [5.74, 6) is 0. The molecule has 3 rings (SSSR count). The molecule has 0 saturated heterocycles. The maximum absolute atomic E-state index is 6.07. The summed E-state index contributed by atoms with van der Waals surface area (Å²) in [4.78, 5) is 8.75. The molecule has 0 aliphatic carbocycles. The zero-order chi connectivity index (χ0) is 13.4.